The summed E-state index contributed by atoms with van der Waals surface area (Å²) in [5, 5.41) is 0. The van der Waals surface area contributed by atoms with Crippen LogP contribution in [0.4, 0.5) is 0 Å². The minimum atomic E-state index is 0.824. The summed E-state index contributed by atoms with van der Waals surface area (Å²) >= 11 is 0. The lowest BCUT2D eigenvalue weighted by Gasteiger charge is -2.02. The average molecular weight is 99.2 g/mol. The molecule has 0 N–H and O–H groups in total. The number of rotatable bonds is 3. The van der Waals surface area contributed by atoms with E-state index in [2.05, 4.69) is 27.2 Å². The van der Waals surface area contributed by atoms with Gasteiger partial charge in [-0.3, -0.25) is 0 Å². The molecule has 0 aliphatic carbocycles. The van der Waals surface area contributed by atoms with Gasteiger partial charge in [0, 0.05) is 0 Å². The van der Waals surface area contributed by atoms with Crippen molar-refractivity contribution in [3.63, 3.8) is 0 Å². The average Bonchev–Trinajstić information content (AvgIpc) is 1.68. The van der Waals surface area contributed by atoms with E-state index >= 15 is 0 Å². The lowest BCUT2D eigenvalue weighted by atomic mass is 10.0. The molecule has 7 heavy (non-hydrogen) atoms. The summed E-state index contributed by atoms with van der Waals surface area (Å²) in [7, 11) is 0. The molecule has 0 bridgehead atoms. The van der Waals surface area contributed by atoms with Gasteiger partial charge in [-0.1, -0.05) is 33.6 Å². The Bertz CT molecular complexity index is 31.0. The maximum atomic E-state index is 2.35. The third-order valence-corrected chi connectivity index (χ3v) is 1.28. The molecule has 0 heterocycles. The van der Waals surface area contributed by atoms with E-state index in [1.165, 1.54) is 12.8 Å². The predicted octanol–water partition coefficient (Wildman–Crippen LogP) is 2.65. The van der Waals surface area contributed by atoms with E-state index in [1.807, 2.05) is 0 Å². The summed E-state index contributed by atoms with van der Waals surface area (Å²) in [6, 6.07) is 0. The van der Waals surface area contributed by atoms with Crippen molar-refractivity contribution in [3.8, 4) is 0 Å². The predicted molar refractivity (Wildman–Crippen MR) is 34.0 cm³/mol. The van der Waals surface area contributed by atoms with Crippen LogP contribution in [-0.2, 0) is 0 Å². The fourth-order valence-electron chi connectivity index (χ4n) is 0.569. The highest BCUT2D eigenvalue weighted by Crippen LogP contribution is 2.05. The van der Waals surface area contributed by atoms with Crippen LogP contribution in [0, 0.1) is 12.3 Å². The van der Waals surface area contributed by atoms with Crippen LogP contribution in [0.25, 0.3) is 0 Å². The normalized spacial score (nSPS) is 14.1. The molecule has 0 rings (SSSR count). The van der Waals surface area contributed by atoms with E-state index in [0.29, 0.717) is 0 Å². The topological polar surface area (TPSA) is 0 Å². The van der Waals surface area contributed by atoms with Gasteiger partial charge in [-0.05, 0) is 12.3 Å². The molecule has 0 amide bonds. The van der Waals surface area contributed by atoms with Gasteiger partial charge in [0.2, 0.25) is 0 Å². The Balaban J connectivity index is 2.83. The molecule has 0 aliphatic heterocycles. The molecule has 0 aliphatic rings. The zero-order valence-electron chi connectivity index (χ0n) is 5.57. The van der Waals surface area contributed by atoms with Gasteiger partial charge in [-0.15, -0.1) is 0 Å². The van der Waals surface area contributed by atoms with Crippen molar-refractivity contribution in [2.75, 3.05) is 0 Å². The molecule has 1 radical (unpaired) electrons. The molecular formula is C7H15. The second kappa shape index (κ2) is 4.17. The molecule has 0 saturated heterocycles. The first-order valence-corrected chi connectivity index (χ1v) is 3.14. The third kappa shape index (κ3) is 3.84. The van der Waals surface area contributed by atoms with E-state index in [0.717, 1.165) is 5.92 Å². The fourth-order valence-corrected chi connectivity index (χ4v) is 0.569. The molecule has 0 fully saturated rings. The third-order valence-electron chi connectivity index (χ3n) is 1.28. The van der Waals surface area contributed by atoms with Crippen LogP contribution in [-0.4, -0.2) is 0 Å². The molecule has 1 atom stereocenters. The molecule has 0 aromatic carbocycles. The highest BCUT2D eigenvalue weighted by Gasteiger charge is 1.93. The van der Waals surface area contributed by atoms with Gasteiger partial charge in [-0.2, -0.15) is 0 Å². The maximum absolute atomic E-state index is 2.35. The van der Waals surface area contributed by atoms with Gasteiger partial charge in [0.1, 0.15) is 0 Å². The molecule has 0 aromatic rings. The second-order valence-corrected chi connectivity index (χ2v) is 2.03. The van der Waals surface area contributed by atoms with Crippen LogP contribution in [0.2, 0.25) is 0 Å². The Morgan fingerprint density at radius 2 is 2.00 bits per heavy atom. The lowest BCUT2D eigenvalue weighted by Crippen LogP contribution is -1.89. The van der Waals surface area contributed by atoms with Gasteiger partial charge < -0.3 is 0 Å². The Morgan fingerprint density at radius 3 is 2.14 bits per heavy atom. The SMILES string of the molecule is CC[CH]C(C)CC. The molecule has 0 heteroatoms. The standard InChI is InChI=1S/C7H15/c1-4-6-7(3)5-2/h6-7H,4-5H2,1-3H3. The van der Waals surface area contributed by atoms with E-state index in [-0.39, 0.29) is 0 Å². The fraction of sp³-hybridized carbons (Fsp3) is 0.857. The van der Waals surface area contributed by atoms with Crippen LogP contribution in [0.3, 0.4) is 0 Å². The van der Waals surface area contributed by atoms with Crippen molar-refractivity contribution < 1.29 is 0 Å². The molecule has 0 nitrogen and oxygen atoms in total. The van der Waals surface area contributed by atoms with Crippen LogP contribution in [0.1, 0.15) is 33.6 Å². The van der Waals surface area contributed by atoms with Crippen molar-refractivity contribution in [3.05, 3.63) is 6.42 Å². The van der Waals surface area contributed by atoms with Gasteiger partial charge >= 0.3 is 0 Å². The monoisotopic (exact) mass is 99.1 g/mol. The van der Waals surface area contributed by atoms with E-state index in [9.17, 15) is 0 Å². The first-order valence-electron chi connectivity index (χ1n) is 3.14. The van der Waals surface area contributed by atoms with Crippen LogP contribution < -0.4 is 0 Å². The van der Waals surface area contributed by atoms with Gasteiger partial charge in [-0.25, -0.2) is 0 Å². The summed E-state index contributed by atoms with van der Waals surface area (Å²) in [5.41, 5.74) is 0. The minimum absolute atomic E-state index is 0.824. The molecule has 0 spiro atoms. The summed E-state index contributed by atoms with van der Waals surface area (Å²) in [5.74, 6) is 0.824. The largest absolute Gasteiger partial charge is 0.0651 e. The molecule has 0 saturated carbocycles. The maximum Gasteiger partial charge on any atom is -0.0360 e. The second-order valence-electron chi connectivity index (χ2n) is 2.03. The van der Waals surface area contributed by atoms with E-state index in [1.54, 1.807) is 0 Å². The highest BCUT2D eigenvalue weighted by atomic mass is 14.0. The van der Waals surface area contributed by atoms with E-state index < -0.39 is 0 Å². The van der Waals surface area contributed by atoms with Gasteiger partial charge in [0.15, 0.2) is 0 Å². The Hall–Kier alpha value is 0. The Kier molecular flexibility index (Phi) is 4.17. The van der Waals surface area contributed by atoms with Crippen molar-refractivity contribution in [1.82, 2.24) is 0 Å². The molecule has 1 unspecified atom stereocenters. The minimum Gasteiger partial charge on any atom is -0.0651 e. The van der Waals surface area contributed by atoms with Crippen molar-refractivity contribution in [2.24, 2.45) is 5.92 Å². The van der Waals surface area contributed by atoms with E-state index in [4.69, 9.17) is 0 Å². The van der Waals surface area contributed by atoms with Crippen LogP contribution in [0.15, 0.2) is 0 Å². The Morgan fingerprint density at radius 1 is 1.43 bits per heavy atom. The number of hydrogen-bond acceptors (Lipinski definition) is 0. The van der Waals surface area contributed by atoms with Gasteiger partial charge in [0.05, 0.1) is 0 Å². The zero-order chi connectivity index (χ0) is 5.70. The quantitative estimate of drug-likeness (QED) is 0.510. The number of hydrogen-bond donors (Lipinski definition) is 0. The highest BCUT2D eigenvalue weighted by molar-refractivity contribution is 4.67. The van der Waals surface area contributed by atoms with Crippen LogP contribution >= 0.6 is 0 Å². The Labute approximate surface area is 46.9 Å². The van der Waals surface area contributed by atoms with Crippen molar-refractivity contribution >= 4 is 0 Å². The summed E-state index contributed by atoms with van der Waals surface area (Å²) < 4.78 is 0. The molecular weight excluding hydrogens is 84.1 g/mol. The lowest BCUT2D eigenvalue weighted by molar-refractivity contribution is 0.626. The van der Waals surface area contributed by atoms with Crippen molar-refractivity contribution in [2.45, 2.75) is 33.6 Å². The molecule has 0 aromatic heterocycles. The summed E-state index contributed by atoms with van der Waals surface area (Å²) in [4.78, 5) is 0. The molecule has 43 valence electrons. The first-order chi connectivity index (χ1) is 3.31. The smallest absolute Gasteiger partial charge is 0.0360 e. The van der Waals surface area contributed by atoms with Crippen molar-refractivity contribution in [1.29, 1.82) is 0 Å². The summed E-state index contributed by atoms with van der Waals surface area (Å²) in [6.45, 7) is 6.66. The van der Waals surface area contributed by atoms with Crippen LogP contribution in [0.5, 0.6) is 0 Å². The van der Waals surface area contributed by atoms with Gasteiger partial charge in [0.25, 0.3) is 0 Å². The zero-order valence-corrected chi connectivity index (χ0v) is 5.57. The first kappa shape index (κ1) is 7.00. The summed E-state index contributed by atoms with van der Waals surface area (Å²) in [6.07, 6.45) is 4.85.